The molecule has 0 amide bonds. The van der Waals surface area contributed by atoms with Crippen molar-refractivity contribution in [2.45, 2.75) is 18.7 Å². The van der Waals surface area contributed by atoms with E-state index in [1.54, 1.807) is 13.8 Å². The van der Waals surface area contributed by atoms with E-state index in [1.165, 1.54) is 40.9 Å². The molecule has 0 saturated carbocycles. The van der Waals surface area contributed by atoms with Gasteiger partial charge >= 0.3 is 0 Å². The first-order valence-corrected chi connectivity index (χ1v) is 10.5. The van der Waals surface area contributed by atoms with Crippen molar-refractivity contribution < 1.29 is 17.7 Å². The van der Waals surface area contributed by atoms with E-state index in [1.807, 2.05) is 0 Å². The van der Waals surface area contributed by atoms with Crippen LogP contribution in [0.1, 0.15) is 19.4 Å². The highest BCUT2D eigenvalue weighted by Crippen LogP contribution is 2.29. The number of nitro benzene ring substituents is 1. The zero-order valence-electron chi connectivity index (χ0n) is 15.1. The Labute approximate surface area is 170 Å². The predicted molar refractivity (Wildman–Crippen MR) is 109 cm³/mol. The second-order valence-corrected chi connectivity index (χ2v) is 8.41. The Kier molecular flexibility index (Phi) is 7.22. The normalized spacial score (nSPS) is 11.9. The predicted octanol–water partition coefficient (Wildman–Crippen LogP) is 3.97. The van der Waals surface area contributed by atoms with Crippen LogP contribution in [0.15, 0.2) is 50.9 Å². The third-order valence-electron chi connectivity index (χ3n) is 3.86. The third kappa shape index (κ3) is 4.91. The van der Waals surface area contributed by atoms with Crippen molar-refractivity contribution in [2.75, 3.05) is 18.5 Å². The lowest BCUT2D eigenvalue weighted by atomic mass is 10.2. The maximum Gasteiger partial charge on any atom is 0.295 e. The van der Waals surface area contributed by atoms with Crippen LogP contribution >= 0.6 is 15.9 Å². The summed E-state index contributed by atoms with van der Waals surface area (Å²) in [5, 5.41) is 15.2. The number of benzene rings is 2. The van der Waals surface area contributed by atoms with Gasteiger partial charge in [-0.25, -0.2) is 12.8 Å². The number of rotatable bonds is 8. The van der Waals surface area contributed by atoms with E-state index >= 15 is 0 Å². The highest BCUT2D eigenvalue weighted by molar-refractivity contribution is 9.10. The summed E-state index contributed by atoms with van der Waals surface area (Å²) in [5.41, 5.74) is 2.16. The van der Waals surface area contributed by atoms with Gasteiger partial charge in [0, 0.05) is 29.2 Å². The van der Waals surface area contributed by atoms with Crippen molar-refractivity contribution in [1.82, 2.24) is 4.31 Å². The highest BCUT2D eigenvalue weighted by atomic mass is 79.9. The largest absolute Gasteiger partial charge is 0.295 e. The summed E-state index contributed by atoms with van der Waals surface area (Å²) in [6, 6.07) is 7.77. The van der Waals surface area contributed by atoms with Crippen molar-refractivity contribution in [2.24, 2.45) is 5.10 Å². The number of nitro groups is 1. The molecule has 0 aliphatic heterocycles. The number of anilines is 1. The molecule has 28 heavy (non-hydrogen) atoms. The van der Waals surface area contributed by atoms with E-state index < -0.39 is 26.5 Å². The fourth-order valence-corrected chi connectivity index (χ4v) is 4.27. The summed E-state index contributed by atoms with van der Waals surface area (Å²) in [4.78, 5) is 10.5. The molecule has 0 radical (unpaired) electrons. The molecule has 11 heteroatoms. The van der Waals surface area contributed by atoms with Crippen LogP contribution in [0, 0.1) is 15.9 Å². The van der Waals surface area contributed by atoms with E-state index in [0.29, 0.717) is 4.47 Å². The molecule has 150 valence electrons. The Morgan fingerprint density at radius 1 is 1.25 bits per heavy atom. The summed E-state index contributed by atoms with van der Waals surface area (Å²) in [7, 11) is -3.84. The first kappa shape index (κ1) is 21.9. The summed E-state index contributed by atoms with van der Waals surface area (Å²) in [5.74, 6) is -0.510. The van der Waals surface area contributed by atoms with Gasteiger partial charge in [-0.1, -0.05) is 29.8 Å². The molecule has 0 spiro atoms. The molecule has 2 aromatic carbocycles. The lowest BCUT2D eigenvalue weighted by Crippen LogP contribution is -2.30. The fraction of sp³-hybridized carbons (Fsp3) is 0.235. The van der Waals surface area contributed by atoms with Crippen LogP contribution in [0.3, 0.4) is 0 Å². The van der Waals surface area contributed by atoms with Crippen LogP contribution in [0.5, 0.6) is 0 Å². The first-order valence-electron chi connectivity index (χ1n) is 8.23. The number of halogens is 2. The number of sulfonamides is 1. The Morgan fingerprint density at radius 3 is 2.54 bits per heavy atom. The molecule has 0 unspecified atom stereocenters. The zero-order chi connectivity index (χ0) is 20.9. The van der Waals surface area contributed by atoms with Gasteiger partial charge in [0.05, 0.1) is 16.0 Å². The summed E-state index contributed by atoms with van der Waals surface area (Å²) >= 11 is 3.21. The molecule has 0 aliphatic rings. The molecule has 0 bridgehead atoms. The zero-order valence-corrected chi connectivity index (χ0v) is 17.5. The van der Waals surface area contributed by atoms with E-state index in [9.17, 15) is 22.9 Å². The topological polar surface area (TPSA) is 105 Å². The molecule has 1 N–H and O–H groups in total. The monoisotopic (exact) mass is 472 g/mol. The lowest BCUT2D eigenvalue weighted by molar-refractivity contribution is -0.384. The molecular weight excluding hydrogens is 455 g/mol. The van der Waals surface area contributed by atoms with Crippen molar-refractivity contribution in [1.29, 1.82) is 0 Å². The molecule has 0 fully saturated rings. The van der Waals surface area contributed by atoms with E-state index in [2.05, 4.69) is 26.5 Å². The maximum atomic E-state index is 13.7. The number of nitrogens with zero attached hydrogens (tertiary/aromatic N) is 3. The van der Waals surface area contributed by atoms with Crippen molar-refractivity contribution in [3.8, 4) is 0 Å². The Morgan fingerprint density at radius 2 is 1.93 bits per heavy atom. The minimum atomic E-state index is -3.84. The van der Waals surface area contributed by atoms with Crippen molar-refractivity contribution >= 4 is 43.5 Å². The molecule has 0 heterocycles. The second kappa shape index (κ2) is 9.22. The SMILES string of the molecule is CCN(CC)S(=O)(=O)c1ccc(N/N=C/c2cc(Br)ccc2F)c([N+](=O)[O-])c1. The number of hydrogen-bond acceptors (Lipinski definition) is 6. The van der Waals surface area contributed by atoms with Crippen molar-refractivity contribution in [3.63, 3.8) is 0 Å². The maximum absolute atomic E-state index is 13.7. The van der Waals surface area contributed by atoms with Gasteiger partial charge in [-0.3, -0.25) is 15.5 Å². The Bertz CT molecular complexity index is 1010. The standard InChI is InChI=1S/C17H18BrFN4O4S/c1-3-22(4-2)28(26,27)14-6-8-16(17(10-14)23(24)25)21-20-11-12-9-13(18)5-7-15(12)19/h5-11,21H,3-4H2,1-2H3/b20-11+. The van der Waals surface area contributed by atoms with E-state index in [0.717, 1.165) is 6.07 Å². The minimum absolute atomic E-state index is 0.0184. The molecule has 2 aromatic rings. The molecule has 0 atom stereocenters. The quantitative estimate of drug-likeness (QED) is 0.355. The van der Waals surface area contributed by atoms with Crippen molar-refractivity contribution in [3.05, 3.63) is 62.4 Å². The van der Waals surface area contributed by atoms with Gasteiger partial charge in [-0.2, -0.15) is 9.41 Å². The Balaban J connectivity index is 2.35. The summed E-state index contributed by atoms with van der Waals surface area (Å²) < 4.78 is 40.7. The average molecular weight is 473 g/mol. The minimum Gasteiger partial charge on any atom is -0.272 e. The molecule has 0 aliphatic carbocycles. The van der Waals surface area contributed by atoms with Crippen LogP contribution in [-0.2, 0) is 10.0 Å². The van der Waals surface area contributed by atoms with Crippen LogP contribution in [0.4, 0.5) is 15.8 Å². The van der Waals surface area contributed by atoms with Crippen LogP contribution < -0.4 is 5.43 Å². The molecule has 0 aromatic heterocycles. The lowest BCUT2D eigenvalue weighted by Gasteiger charge is -2.18. The molecule has 2 rings (SSSR count). The van der Waals surface area contributed by atoms with Gasteiger partial charge in [-0.15, -0.1) is 0 Å². The smallest absolute Gasteiger partial charge is 0.272 e. The fourth-order valence-electron chi connectivity index (χ4n) is 2.42. The number of hydrogen-bond donors (Lipinski definition) is 1. The molecule has 8 nitrogen and oxygen atoms in total. The third-order valence-corrected chi connectivity index (χ3v) is 6.39. The molecule has 0 saturated heterocycles. The average Bonchev–Trinajstić information content (AvgIpc) is 2.65. The Hall–Kier alpha value is -2.37. The van der Waals surface area contributed by atoms with Crippen LogP contribution in [-0.4, -0.2) is 37.0 Å². The highest BCUT2D eigenvalue weighted by Gasteiger charge is 2.25. The van der Waals surface area contributed by atoms with Gasteiger partial charge in [0.15, 0.2) is 0 Å². The first-order chi connectivity index (χ1) is 13.2. The van der Waals surface area contributed by atoms with E-state index in [4.69, 9.17) is 0 Å². The summed E-state index contributed by atoms with van der Waals surface area (Å²) in [6.45, 7) is 3.85. The van der Waals surface area contributed by atoms with Gasteiger partial charge in [0.2, 0.25) is 10.0 Å². The van der Waals surface area contributed by atoms with Crippen LogP contribution in [0.25, 0.3) is 0 Å². The molecular formula is C17H18BrFN4O4S. The number of hydrazone groups is 1. The van der Waals surface area contributed by atoms with Gasteiger partial charge < -0.3 is 0 Å². The van der Waals surface area contributed by atoms with Crippen LogP contribution in [0.2, 0.25) is 0 Å². The summed E-state index contributed by atoms with van der Waals surface area (Å²) in [6.07, 6.45) is 1.17. The van der Waals surface area contributed by atoms with Gasteiger partial charge in [-0.05, 0) is 30.3 Å². The second-order valence-electron chi connectivity index (χ2n) is 5.56. The van der Waals surface area contributed by atoms with Gasteiger partial charge in [0.25, 0.3) is 5.69 Å². The van der Waals surface area contributed by atoms with E-state index in [-0.39, 0.29) is 29.2 Å². The number of nitrogens with one attached hydrogen (secondary N) is 1. The van der Waals surface area contributed by atoms with Gasteiger partial charge in [0.1, 0.15) is 11.5 Å².